The third kappa shape index (κ3) is 27.1. The second kappa shape index (κ2) is 39.7. The topological polar surface area (TPSA) is 256 Å². The van der Waals surface area contributed by atoms with Crippen molar-refractivity contribution in [2.45, 2.75) is 89.4 Å². The number of H-pyrrole nitrogens is 1. The molecule has 0 aliphatic carbocycles. The molecule has 0 aliphatic rings. The minimum atomic E-state index is -2.88. The number of nitrogens with two attached hydrogens (primary N) is 1. The molecule has 0 bridgehead atoms. The molecule has 78 heavy (non-hydrogen) atoms. The highest BCUT2D eigenvalue weighted by molar-refractivity contribution is 7.99. The molecule has 8 rings (SSSR count). The number of imidazole rings is 1. The molecule has 6 heterocycles. The largest absolute Gasteiger partial charge is 0.461 e. The van der Waals surface area contributed by atoms with E-state index in [1.807, 2.05) is 106 Å². The molecule has 6 aromatic heterocycles. The molecule has 0 radical (unpaired) electrons. The fourth-order valence-electron chi connectivity index (χ4n) is 6.19. The van der Waals surface area contributed by atoms with E-state index in [0.717, 1.165) is 70.5 Å². The monoisotopic (exact) mass is 1150 g/mol. The van der Waals surface area contributed by atoms with Crippen LogP contribution in [0.1, 0.15) is 60.6 Å². The summed E-state index contributed by atoms with van der Waals surface area (Å²) in [5.74, 6) is 4.22. The predicted molar refractivity (Wildman–Crippen MR) is 326 cm³/mol. The minimum absolute atomic E-state index is 0. The van der Waals surface area contributed by atoms with E-state index in [0.29, 0.717) is 43.1 Å². The molecule has 24 heteroatoms. The zero-order chi connectivity index (χ0) is 53.6. The first-order valence-corrected chi connectivity index (χ1v) is 29.4. The van der Waals surface area contributed by atoms with Gasteiger partial charge in [-0.1, -0.05) is 90.4 Å². The Bertz CT molecular complexity index is 3080. The maximum atomic E-state index is 11.3. The number of thioether (sulfide) groups is 3. The van der Waals surface area contributed by atoms with E-state index >= 15 is 0 Å². The van der Waals surface area contributed by atoms with Crippen molar-refractivity contribution in [3.63, 3.8) is 0 Å². The smallest absolute Gasteiger partial charge is 0.330 e. The normalized spacial score (nSPS) is 10.1. The van der Waals surface area contributed by atoms with Gasteiger partial charge in [0.15, 0.2) is 17.3 Å². The molecule has 0 amide bonds. The lowest BCUT2D eigenvalue weighted by atomic mass is 10.1. The molecular weight excluding hydrogens is 1070 g/mol. The average Bonchev–Trinajstić information content (AvgIpc) is 4.19. The lowest BCUT2D eigenvalue weighted by Crippen LogP contribution is -2.31. The molecular formula is C54H81N13O7S4. The highest BCUT2D eigenvalue weighted by Crippen LogP contribution is 2.18. The number of sulfone groups is 1. The number of nitrogens with zero attached hydrogens (tertiary/aromatic N) is 11. The van der Waals surface area contributed by atoms with Crippen molar-refractivity contribution in [1.82, 2.24) is 58.6 Å². The number of ether oxygens (including phenoxy) is 2. The third-order valence-electron chi connectivity index (χ3n) is 9.94. The van der Waals surface area contributed by atoms with Crippen LogP contribution in [0.4, 0.5) is 5.82 Å². The van der Waals surface area contributed by atoms with Crippen LogP contribution in [0.15, 0.2) is 132 Å². The van der Waals surface area contributed by atoms with Crippen molar-refractivity contribution in [3.05, 3.63) is 155 Å². The summed E-state index contributed by atoms with van der Waals surface area (Å²) in [5, 5.41) is 8.60. The maximum absolute atomic E-state index is 11.3. The van der Waals surface area contributed by atoms with Gasteiger partial charge in [-0.05, 0) is 67.5 Å². The molecule has 0 atom stereocenters. The summed E-state index contributed by atoms with van der Waals surface area (Å²) in [6, 6.07) is 23.4. The van der Waals surface area contributed by atoms with Gasteiger partial charge < -0.3 is 19.8 Å². The third-order valence-corrected chi connectivity index (χ3v) is 12.8. The fourth-order valence-corrected chi connectivity index (χ4v) is 7.91. The van der Waals surface area contributed by atoms with Gasteiger partial charge in [-0.15, -0.1) is 0 Å². The van der Waals surface area contributed by atoms with Gasteiger partial charge in [0.25, 0.3) is 5.56 Å². The lowest BCUT2D eigenvalue weighted by molar-refractivity contribution is -0.142. The zero-order valence-electron chi connectivity index (χ0n) is 42.5. The maximum Gasteiger partial charge on any atom is 0.330 e. The molecule has 0 fully saturated rings. The molecule has 0 spiro atoms. The molecule has 8 aromatic rings. The number of rotatable bonds is 20. The van der Waals surface area contributed by atoms with Gasteiger partial charge in [0.2, 0.25) is 0 Å². The Hall–Kier alpha value is -6.60. The van der Waals surface area contributed by atoms with Gasteiger partial charge in [-0.25, -0.2) is 33.1 Å². The van der Waals surface area contributed by atoms with Gasteiger partial charge in [0, 0.05) is 79.3 Å². The fraction of sp³-hybridized carbons (Fsp3) is 0.407. The molecule has 0 saturated heterocycles. The first kappa shape index (κ1) is 71.4. The first-order chi connectivity index (χ1) is 35.7. The summed E-state index contributed by atoms with van der Waals surface area (Å²) >= 11 is 5.32. The summed E-state index contributed by atoms with van der Waals surface area (Å²) in [5.41, 5.74) is 11.1. The van der Waals surface area contributed by atoms with Crippen molar-refractivity contribution in [1.29, 1.82) is 0 Å². The van der Waals surface area contributed by atoms with Crippen LogP contribution in [0.2, 0.25) is 0 Å². The number of aryl methyl sites for hydroxylation is 4. The number of hydrogen-bond acceptors (Lipinski definition) is 18. The summed E-state index contributed by atoms with van der Waals surface area (Å²) in [6.07, 6.45) is 22.9. The Morgan fingerprint density at radius 3 is 2.05 bits per heavy atom. The van der Waals surface area contributed by atoms with E-state index in [4.69, 9.17) is 15.2 Å². The number of anilines is 1. The standard InChI is InChI=1S/C13H16N2O2S.C10H12N4S.C9H13N5S.C9H14N2O3S.C9H10O2.4CH4/c1-18(16,17)9-5-8-15-11-13(10-14-15)12-6-3-2-4-7-12;1-15-6-5-14-8-12-10(13-14)9-3-2-4-11-7-9;1-15-4-2-3-14-6-13-7-8(10)11-5-12-9(7)14;1-7-5-11(6-14-3-4-15-2)9(13)10-8(7)12;1-8(10)11-7-9-5-3-2-4-6-9;;;;/h2-4,6-7,10-11H,5,8-9H2,1H3;2-4,7-8H,5-6H2,1H3;5-6H,2-4H2,1H3,(H2,10,11,12);5H,3-4,6H2,1-2H3,(H,10,12,13);2-6H,7H2,1H3;4*1H4. The molecule has 2 aromatic carbocycles. The van der Waals surface area contributed by atoms with E-state index in [2.05, 4.69) is 52.6 Å². The number of benzene rings is 2. The quantitative estimate of drug-likeness (QED) is 0.0532. The number of nitrogen functional groups attached to an aromatic ring is 1. The van der Waals surface area contributed by atoms with Crippen LogP contribution in [0.5, 0.6) is 0 Å². The Morgan fingerprint density at radius 1 is 0.731 bits per heavy atom. The second-order valence-corrected chi connectivity index (χ2v) is 21.2. The van der Waals surface area contributed by atoms with E-state index in [1.54, 1.807) is 66.4 Å². The van der Waals surface area contributed by atoms with Crippen molar-refractivity contribution in [3.8, 4) is 22.5 Å². The van der Waals surface area contributed by atoms with Crippen LogP contribution in [0, 0.1) is 6.92 Å². The lowest BCUT2D eigenvalue weighted by Gasteiger charge is -2.06. The van der Waals surface area contributed by atoms with Crippen molar-refractivity contribution >= 4 is 68.1 Å². The molecule has 0 unspecified atom stereocenters. The first-order valence-electron chi connectivity index (χ1n) is 23.2. The number of carbonyl (C=O) groups is 1. The van der Waals surface area contributed by atoms with Crippen molar-refractivity contribution in [2.75, 3.05) is 60.4 Å². The van der Waals surface area contributed by atoms with Crippen LogP contribution < -0.4 is 17.0 Å². The Morgan fingerprint density at radius 2 is 1.41 bits per heavy atom. The minimum Gasteiger partial charge on any atom is -0.461 e. The number of pyridine rings is 1. The van der Waals surface area contributed by atoms with E-state index in [1.165, 1.54) is 30.3 Å². The molecule has 20 nitrogen and oxygen atoms in total. The zero-order valence-corrected chi connectivity index (χ0v) is 45.8. The summed E-state index contributed by atoms with van der Waals surface area (Å²) in [4.78, 5) is 55.5. The van der Waals surface area contributed by atoms with Gasteiger partial charge in [0.05, 0.1) is 31.4 Å². The number of nitrogens with one attached hydrogen (secondary N) is 1. The van der Waals surface area contributed by atoms with Crippen LogP contribution in [-0.2, 0) is 57.1 Å². The summed E-state index contributed by atoms with van der Waals surface area (Å²) in [6.45, 7) is 6.64. The number of carbonyl (C=O) groups excluding carboxylic acids is 1. The predicted octanol–water partition coefficient (Wildman–Crippen LogP) is 9.33. The van der Waals surface area contributed by atoms with Gasteiger partial charge in [-0.3, -0.25) is 33.5 Å². The summed E-state index contributed by atoms with van der Waals surface area (Å²) < 4.78 is 39.1. The van der Waals surface area contributed by atoms with Crippen LogP contribution in [0.3, 0.4) is 0 Å². The number of fused-ring (bicyclic) bond motifs is 1. The van der Waals surface area contributed by atoms with E-state index < -0.39 is 15.5 Å². The highest BCUT2D eigenvalue weighted by Gasteiger charge is 2.08. The SMILES string of the molecule is C.C.C.C.CC(=O)OCc1ccccc1.CS(=O)(=O)CCCn1cc(-c2ccccc2)cn1.CSCCCn1cnc2c(N)ncnc21.CSCCOCn1cc(C)c(=O)[nH]c1=O.CSCCn1cnc(-c2cccnc2)n1. The van der Waals surface area contributed by atoms with Gasteiger partial charge in [0.1, 0.15) is 41.3 Å². The van der Waals surface area contributed by atoms with Gasteiger partial charge >= 0.3 is 11.7 Å². The molecule has 428 valence electrons. The summed E-state index contributed by atoms with van der Waals surface area (Å²) in [7, 11) is -2.88. The Balaban J connectivity index is 0.000000945. The number of aromatic amines is 1. The van der Waals surface area contributed by atoms with Crippen LogP contribution in [0.25, 0.3) is 33.7 Å². The van der Waals surface area contributed by atoms with Crippen molar-refractivity contribution < 1.29 is 22.7 Å². The molecule has 0 aliphatic heterocycles. The number of esters is 1. The molecule has 3 N–H and O–H groups in total. The Labute approximate surface area is 473 Å². The Kier molecular flexibility index (Phi) is 36.4. The van der Waals surface area contributed by atoms with Crippen LogP contribution in [-0.4, -0.2) is 128 Å². The second-order valence-electron chi connectivity index (χ2n) is 16.0. The number of hydrogen-bond donors (Lipinski definition) is 2. The molecule has 0 saturated carbocycles. The van der Waals surface area contributed by atoms with Gasteiger partial charge in [-0.2, -0.15) is 45.5 Å². The van der Waals surface area contributed by atoms with E-state index in [9.17, 15) is 22.8 Å². The van der Waals surface area contributed by atoms with Crippen LogP contribution >= 0.6 is 35.3 Å². The number of aromatic nitrogens is 12. The van der Waals surface area contributed by atoms with E-state index in [-0.39, 0.29) is 53.7 Å². The highest BCUT2D eigenvalue weighted by atomic mass is 32.2. The van der Waals surface area contributed by atoms with Crippen molar-refractivity contribution in [2.24, 2.45) is 0 Å². The average molecular weight is 1150 g/mol.